The van der Waals surface area contributed by atoms with Crippen molar-refractivity contribution >= 4 is 17.4 Å². The fourth-order valence-electron chi connectivity index (χ4n) is 3.40. The lowest BCUT2D eigenvalue weighted by Gasteiger charge is -2.19. The maximum Gasteiger partial charge on any atom is 0.315 e. The van der Waals surface area contributed by atoms with Gasteiger partial charge < -0.3 is 19.9 Å². The number of nitrogens with zero attached hydrogens (tertiary/aromatic N) is 3. The standard InChI is InChI=1S/C20H23N5O/c26-20(21-11-9-16-15-25-12-5-4-8-19(25)22-16)23-17-10-13-24(14-17)18-6-2-1-3-7-18/h1-8,12,15,17H,9-11,13-14H2,(H2,21,23,26). The Balaban J connectivity index is 1.22. The molecule has 134 valence electrons. The van der Waals surface area contributed by atoms with Crippen LogP contribution in [0.25, 0.3) is 5.65 Å². The molecule has 26 heavy (non-hydrogen) atoms. The molecule has 1 atom stereocenters. The predicted molar refractivity (Wildman–Crippen MR) is 102 cm³/mol. The highest BCUT2D eigenvalue weighted by atomic mass is 16.2. The maximum absolute atomic E-state index is 12.1. The van der Waals surface area contributed by atoms with Gasteiger partial charge in [-0.25, -0.2) is 9.78 Å². The van der Waals surface area contributed by atoms with Crippen LogP contribution in [0.2, 0.25) is 0 Å². The van der Waals surface area contributed by atoms with Crippen LogP contribution in [-0.2, 0) is 6.42 Å². The minimum atomic E-state index is -0.103. The fourth-order valence-corrected chi connectivity index (χ4v) is 3.40. The van der Waals surface area contributed by atoms with Crippen molar-refractivity contribution in [1.29, 1.82) is 0 Å². The van der Waals surface area contributed by atoms with Gasteiger partial charge >= 0.3 is 6.03 Å². The van der Waals surface area contributed by atoms with Gasteiger partial charge in [-0.3, -0.25) is 0 Å². The average Bonchev–Trinajstić information content (AvgIpc) is 3.29. The first-order chi connectivity index (χ1) is 12.8. The molecular formula is C20H23N5O. The number of urea groups is 1. The first kappa shape index (κ1) is 16.4. The van der Waals surface area contributed by atoms with E-state index in [1.807, 2.05) is 53.2 Å². The smallest absolute Gasteiger partial charge is 0.315 e. The van der Waals surface area contributed by atoms with Crippen LogP contribution in [0.4, 0.5) is 10.5 Å². The Morgan fingerprint density at radius 1 is 1.15 bits per heavy atom. The van der Waals surface area contributed by atoms with Crippen LogP contribution in [0.15, 0.2) is 60.9 Å². The van der Waals surface area contributed by atoms with Gasteiger partial charge in [-0.2, -0.15) is 0 Å². The molecule has 6 heteroatoms. The Bertz CT molecular complexity index is 843. The number of benzene rings is 1. The fraction of sp³-hybridized carbons (Fsp3) is 0.300. The number of pyridine rings is 1. The van der Waals surface area contributed by atoms with Crippen molar-refractivity contribution in [1.82, 2.24) is 20.0 Å². The van der Waals surface area contributed by atoms with Crippen molar-refractivity contribution in [2.24, 2.45) is 0 Å². The second-order valence-corrected chi connectivity index (χ2v) is 6.62. The summed E-state index contributed by atoms with van der Waals surface area (Å²) in [7, 11) is 0. The quantitative estimate of drug-likeness (QED) is 0.744. The van der Waals surface area contributed by atoms with E-state index in [9.17, 15) is 4.79 Å². The van der Waals surface area contributed by atoms with Crippen LogP contribution >= 0.6 is 0 Å². The molecule has 2 amide bonds. The molecule has 3 aromatic rings. The first-order valence-electron chi connectivity index (χ1n) is 9.05. The number of anilines is 1. The molecule has 0 bridgehead atoms. The summed E-state index contributed by atoms with van der Waals surface area (Å²) in [6.07, 6.45) is 5.67. The van der Waals surface area contributed by atoms with Crippen LogP contribution in [0.3, 0.4) is 0 Å². The summed E-state index contributed by atoms with van der Waals surface area (Å²) in [5.74, 6) is 0. The molecule has 2 N–H and O–H groups in total. The summed E-state index contributed by atoms with van der Waals surface area (Å²) in [6.45, 7) is 2.39. The summed E-state index contributed by atoms with van der Waals surface area (Å²) < 4.78 is 1.99. The molecule has 1 fully saturated rings. The van der Waals surface area contributed by atoms with Crippen molar-refractivity contribution in [2.45, 2.75) is 18.9 Å². The number of fused-ring (bicyclic) bond motifs is 1. The van der Waals surface area contributed by atoms with E-state index in [1.165, 1.54) is 5.69 Å². The van der Waals surface area contributed by atoms with Crippen LogP contribution in [0.1, 0.15) is 12.1 Å². The maximum atomic E-state index is 12.1. The van der Waals surface area contributed by atoms with Crippen molar-refractivity contribution < 1.29 is 4.79 Å². The Morgan fingerprint density at radius 2 is 2.00 bits per heavy atom. The van der Waals surface area contributed by atoms with E-state index in [0.29, 0.717) is 6.54 Å². The van der Waals surface area contributed by atoms with E-state index in [1.54, 1.807) is 0 Å². The van der Waals surface area contributed by atoms with Crippen molar-refractivity contribution in [2.75, 3.05) is 24.5 Å². The van der Waals surface area contributed by atoms with E-state index in [4.69, 9.17) is 0 Å². The van der Waals surface area contributed by atoms with Gasteiger partial charge in [0.1, 0.15) is 5.65 Å². The monoisotopic (exact) mass is 349 g/mol. The second kappa shape index (κ2) is 7.47. The predicted octanol–water partition coefficient (Wildman–Crippen LogP) is 2.45. The van der Waals surface area contributed by atoms with Crippen molar-refractivity contribution in [3.05, 3.63) is 66.6 Å². The van der Waals surface area contributed by atoms with Crippen LogP contribution in [0.5, 0.6) is 0 Å². The van der Waals surface area contributed by atoms with Gasteiger partial charge in [-0.1, -0.05) is 24.3 Å². The Kier molecular flexibility index (Phi) is 4.73. The van der Waals surface area contributed by atoms with Gasteiger partial charge in [-0.15, -0.1) is 0 Å². The topological polar surface area (TPSA) is 61.7 Å². The molecule has 0 radical (unpaired) electrons. The number of carbonyl (C=O) groups is 1. The third-order valence-electron chi connectivity index (χ3n) is 4.73. The number of aromatic nitrogens is 2. The lowest BCUT2D eigenvalue weighted by Crippen LogP contribution is -2.43. The van der Waals surface area contributed by atoms with Crippen LogP contribution < -0.4 is 15.5 Å². The van der Waals surface area contributed by atoms with Gasteiger partial charge in [0.2, 0.25) is 0 Å². The summed E-state index contributed by atoms with van der Waals surface area (Å²) in [6, 6.07) is 16.3. The molecule has 4 rings (SSSR count). The number of imidazole rings is 1. The Hall–Kier alpha value is -3.02. The number of para-hydroxylation sites is 1. The van der Waals surface area contributed by atoms with Crippen molar-refractivity contribution in [3.63, 3.8) is 0 Å². The molecule has 2 aromatic heterocycles. The zero-order valence-corrected chi connectivity index (χ0v) is 14.6. The largest absolute Gasteiger partial charge is 0.369 e. The van der Waals surface area contributed by atoms with Crippen molar-refractivity contribution in [3.8, 4) is 0 Å². The van der Waals surface area contributed by atoms with Gasteiger partial charge in [0, 0.05) is 50.2 Å². The highest BCUT2D eigenvalue weighted by Gasteiger charge is 2.23. The summed E-state index contributed by atoms with van der Waals surface area (Å²) in [5.41, 5.74) is 3.12. The summed E-state index contributed by atoms with van der Waals surface area (Å²) in [5, 5.41) is 6.01. The molecule has 1 aromatic carbocycles. The number of nitrogens with one attached hydrogen (secondary N) is 2. The zero-order valence-electron chi connectivity index (χ0n) is 14.6. The number of hydrogen-bond donors (Lipinski definition) is 2. The average molecular weight is 349 g/mol. The van der Waals surface area contributed by atoms with E-state index in [-0.39, 0.29) is 12.1 Å². The van der Waals surface area contributed by atoms with E-state index >= 15 is 0 Å². The molecule has 0 aliphatic carbocycles. The van der Waals surface area contributed by atoms with Gasteiger partial charge in [0.15, 0.2) is 0 Å². The lowest BCUT2D eigenvalue weighted by molar-refractivity contribution is 0.238. The molecule has 6 nitrogen and oxygen atoms in total. The number of hydrogen-bond acceptors (Lipinski definition) is 3. The third-order valence-corrected chi connectivity index (χ3v) is 4.73. The Morgan fingerprint density at radius 3 is 2.85 bits per heavy atom. The molecule has 1 unspecified atom stereocenters. The summed E-state index contributed by atoms with van der Waals surface area (Å²) in [4.78, 5) is 19.0. The second-order valence-electron chi connectivity index (χ2n) is 6.62. The number of carbonyl (C=O) groups excluding carboxylic acids is 1. The summed E-state index contributed by atoms with van der Waals surface area (Å²) >= 11 is 0. The Labute approximate surface area is 152 Å². The highest BCUT2D eigenvalue weighted by molar-refractivity contribution is 5.74. The first-order valence-corrected chi connectivity index (χ1v) is 9.05. The number of amides is 2. The molecule has 0 spiro atoms. The SMILES string of the molecule is O=C(NCCc1cn2ccccc2n1)NC1CCN(c2ccccc2)C1. The zero-order chi connectivity index (χ0) is 17.8. The highest BCUT2D eigenvalue weighted by Crippen LogP contribution is 2.19. The van der Waals surface area contributed by atoms with Crippen LogP contribution in [0, 0.1) is 0 Å². The molecular weight excluding hydrogens is 326 g/mol. The van der Waals surface area contributed by atoms with Gasteiger partial charge in [0.05, 0.1) is 5.69 Å². The minimum Gasteiger partial charge on any atom is -0.369 e. The minimum absolute atomic E-state index is 0.103. The van der Waals surface area contributed by atoms with Gasteiger partial charge in [0.25, 0.3) is 0 Å². The van der Waals surface area contributed by atoms with Crippen LogP contribution in [-0.4, -0.2) is 41.1 Å². The third kappa shape index (κ3) is 3.79. The molecule has 1 aliphatic heterocycles. The van der Waals surface area contributed by atoms with E-state index < -0.39 is 0 Å². The van der Waals surface area contributed by atoms with E-state index in [2.05, 4.69) is 32.7 Å². The number of rotatable bonds is 5. The van der Waals surface area contributed by atoms with Gasteiger partial charge in [-0.05, 0) is 30.7 Å². The molecule has 3 heterocycles. The lowest BCUT2D eigenvalue weighted by atomic mass is 10.3. The molecule has 0 saturated carbocycles. The normalized spacial score (nSPS) is 16.8. The molecule has 1 aliphatic rings. The molecule has 1 saturated heterocycles. The van der Waals surface area contributed by atoms with E-state index in [0.717, 1.165) is 37.3 Å².